The maximum absolute atomic E-state index is 12.6. The van der Waals surface area contributed by atoms with Crippen molar-refractivity contribution >= 4 is 29.3 Å². The highest BCUT2D eigenvalue weighted by atomic mass is 16.5. The molecule has 1 aromatic carbocycles. The molecule has 0 spiro atoms. The number of benzene rings is 1. The second-order valence-corrected chi connectivity index (χ2v) is 5.69. The number of amides is 2. The Morgan fingerprint density at radius 3 is 2.88 bits per heavy atom. The van der Waals surface area contributed by atoms with Gasteiger partial charge in [-0.2, -0.15) is 0 Å². The van der Waals surface area contributed by atoms with Crippen LogP contribution in [0.2, 0.25) is 0 Å². The van der Waals surface area contributed by atoms with Gasteiger partial charge in [-0.15, -0.1) is 0 Å². The molecular formula is C17H17N3O5. The van der Waals surface area contributed by atoms with Crippen LogP contribution >= 0.6 is 0 Å². The molecule has 130 valence electrons. The number of anilines is 2. The zero-order valence-electron chi connectivity index (χ0n) is 13.6. The molecule has 1 atom stereocenters. The standard InChI is InChI=1S/C17H17N3O5/c1-2-12-9-14(19-25-12)18-16(22)13-6-7-15(21)20(13)11-5-3-4-10(8-11)17(23)24/h3-5,8-9,13H,2,6-7H2,1H3,(H,23,24)(H,18,19,22)/t13-/m0/s1. The van der Waals surface area contributed by atoms with Gasteiger partial charge >= 0.3 is 5.97 Å². The summed E-state index contributed by atoms with van der Waals surface area (Å²) < 4.78 is 5.04. The van der Waals surface area contributed by atoms with Crippen molar-refractivity contribution in [3.05, 3.63) is 41.7 Å². The van der Waals surface area contributed by atoms with Crippen molar-refractivity contribution in [2.75, 3.05) is 10.2 Å². The van der Waals surface area contributed by atoms with Crippen molar-refractivity contribution in [3.63, 3.8) is 0 Å². The molecule has 8 heteroatoms. The van der Waals surface area contributed by atoms with E-state index in [2.05, 4.69) is 10.5 Å². The van der Waals surface area contributed by atoms with Crippen molar-refractivity contribution in [2.24, 2.45) is 0 Å². The van der Waals surface area contributed by atoms with Crippen molar-refractivity contribution in [2.45, 2.75) is 32.2 Å². The minimum absolute atomic E-state index is 0.0560. The third kappa shape index (κ3) is 3.37. The summed E-state index contributed by atoms with van der Waals surface area (Å²) in [7, 11) is 0. The van der Waals surface area contributed by atoms with Crippen LogP contribution in [0, 0.1) is 0 Å². The van der Waals surface area contributed by atoms with Crippen LogP contribution in [0.3, 0.4) is 0 Å². The van der Waals surface area contributed by atoms with E-state index in [0.717, 1.165) is 0 Å². The molecule has 0 bridgehead atoms. The number of nitrogens with one attached hydrogen (secondary N) is 1. The van der Waals surface area contributed by atoms with Gasteiger partial charge in [0.15, 0.2) is 5.82 Å². The Labute approximate surface area is 143 Å². The summed E-state index contributed by atoms with van der Waals surface area (Å²) in [6, 6.07) is 6.88. The topological polar surface area (TPSA) is 113 Å². The lowest BCUT2D eigenvalue weighted by Gasteiger charge is -2.24. The Morgan fingerprint density at radius 1 is 1.40 bits per heavy atom. The van der Waals surface area contributed by atoms with Gasteiger partial charge in [0.05, 0.1) is 5.56 Å². The van der Waals surface area contributed by atoms with Crippen LogP contribution in [0.4, 0.5) is 11.5 Å². The number of carboxylic acid groups (broad SMARTS) is 1. The van der Waals surface area contributed by atoms with Gasteiger partial charge in [-0.1, -0.05) is 18.1 Å². The molecule has 0 saturated carbocycles. The lowest BCUT2D eigenvalue weighted by atomic mass is 10.1. The first-order valence-corrected chi connectivity index (χ1v) is 7.91. The minimum atomic E-state index is -1.09. The number of aryl methyl sites for hydroxylation is 1. The molecule has 8 nitrogen and oxygen atoms in total. The summed E-state index contributed by atoms with van der Waals surface area (Å²) in [6.07, 6.45) is 1.22. The highest BCUT2D eigenvalue weighted by molar-refractivity contribution is 6.07. The van der Waals surface area contributed by atoms with Gasteiger partial charge in [0.1, 0.15) is 11.8 Å². The molecule has 0 radical (unpaired) electrons. The van der Waals surface area contributed by atoms with Gasteiger partial charge in [-0.3, -0.25) is 14.5 Å². The summed E-state index contributed by atoms with van der Waals surface area (Å²) in [5, 5.41) is 15.5. The number of carbonyl (C=O) groups is 3. The molecule has 2 amide bonds. The molecule has 1 fully saturated rings. The lowest BCUT2D eigenvalue weighted by molar-refractivity contribution is -0.120. The molecule has 2 N–H and O–H groups in total. The van der Waals surface area contributed by atoms with E-state index in [-0.39, 0.29) is 23.8 Å². The van der Waals surface area contributed by atoms with E-state index in [9.17, 15) is 14.4 Å². The molecule has 1 aliphatic rings. The van der Waals surface area contributed by atoms with E-state index in [0.29, 0.717) is 30.1 Å². The second kappa shape index (κ2) is 6.76. The molecule has 25 heavy (non-hydrogen) atoms. The maximum atomic E-state index is 12.6. The van der Waals surface area contributed by atoms with Crippen LogP contribution in [-0.4, -0.2) is 34.1 Å². The van der Waals surface area contributed by atoms with Crippen LogP contribution in [0.1, 0.15) is 35.9 Å². The third-order valence-electron chi connectivity index (χ3n) is 4.04. The predicted molar refractivity (Wildman–Crippen MR) is 88.4 cm³/mol. The number of aromatic carboxylic acids is 1. The normalized spacial score (nSPS) is 16.9. The molecule has 1 aliphatic heterocycles. The van der Waals surface area contributed by atoms with E-state index in [1.807, 2.05) is 6.92 Å². The van der Waals surface area contributed by atoms with Crippen LogP contribution < -0.4 is 10.2 Å². The smallest absolute Gasteiger partial charge is 0.335 e. The molecular weight excluding hydrogens is 326 g/mol. The van der Waals surface area contributed by atoms with Crippen molar-refractivity contribution < 1.29 is 24.0 Å². The Balaban J connectivity index is 1.82. The monoisotopic (exact) mass is 343 g/mol. The molecule has 0 aliphatic carbocycles. The highest BCUT2D eigenvalue weighted by Crippen LogP contribution is 2.28. The second-order valence-electron chi connectivity index (χ2n) is 5.69. The van der Waals surface area contributed by atoms with Crippen LogP contribution in [0.15, 0.2) is 34.9 Å². The van der Waals surface area contributed by atoms with Gasteiger partial charge in [-0.25, -0.2) is 4.79 Å². The first-order valence-electron chi connectivity index (χ1n) is 7.91. The zero-order valence-corrected chi connectivity index (χ0v) is 13.6. The Bertz CT molecular complexity index is 829. The Hall–Kier alpha value is -3.16. The number of hydrogen-bond donors (Lipinski definition) is 2. The number of carboxylic acids is 1. The first kappa shape index (κ1) is 16.7. The third-order valence-corrected chi connectivity index (χ3v) is 4.04. The van der Waals surface area contributed by atoms with E-state index in [1.54, 1.807) is 18.2 Å². The SMILES string of the molecule is CCc1cc(NC(=O)[C@@H]2CCC(=O)N2c2cccc(C(=O)O)c2)no1. The minimum Gasteiger partial charge on any atom is -0.478 e. The zero-order chi connectivity index (χ0) is 18.0. The summed E-state index contributed by atoms with van der Waals surface area (Å²) in [5.74, 6) is -0.770. The van der Waals surface area contributed by atoms with E-state index < -0.39 is 12.0 Å². The molecule has 3 rings (SSSR count). The van der Waals surface area contributed by atoms with E-state index >= 15 is 0 Å². The van der Waals surface area contributed by atoms with Crippen molar-refractivity contribution in [3.8, 4) is 0 Å². The average molecular weight is 343 g/mol. The highest BCUT2D eigenvalue weighted by Gasteiger charge is 2.37. The Kier molecular flexibility index (Phi) is 4.51. The number of nitrogens with zero attached hydrogens (tertiary/aromatic N) is 2. The van der Waals surface area contributed by atoms with Gasteiger partial charge in [-0.05, 0) is 24.6 Å². The fourth-order valence-electron chi connectivity index (χ4n) is 2.79. The fraction of sp³-hybridized carbons (Fsp3) is 0.294. The van der Waals surface area contributed by atoms with Gasteiger partial charge in [0.2, 0.25) is 11.8 Å². The van der Waals surface area contributed by atoms with Crippen LogP contribution in [0.5, 0.6) is 0 Å². The number of aromatic nitrogens is 1. The maximum Gasteiger partial charge on any atom is 0.335 e. The van der Waals surface area contributed by atoms with E-state index in [1.165, 1.54) is 17.0 Å². The summed E-state index contributed by atoms with van der Waals surface area (Å²) in [4.78, 5) is 37.3. The predicted octanol–water partition coefficient (Wildman–Crippen LogP) is 2.07. The molecule has 0 unspecified atom stereocenters. The van der Waals surface area contributed by atoms with Crippen molar-refractivity contribution in [1.82, 2.24) is 5.16 Å². The fourth-order valence-corrected chi connectivity index (χ4v) is 2.79. The van der Waals surface area contributed by atoms with Gasteiger partial charge < -0.3 is 14.9 Å². The van der Waals surface area contributed by atoms with Gasteiger partial charge in [0, 0.05) is 24.6 Å². The van der Waals surface area contributed by atoms with E-state index in [4.69, 9.17) is 9.63 Å². The first-order chi connectivity index (χ1) is 12.0. The number of hydrogen-bond acceptors (Lipinski definition) is 5. The average Bonchev–Trinajstić information content (AvgIpc) is 3.21. The summed E-state index contributed by atoms with van der Waals surface area (Å²) in [5.41, 5.74) is 0.442. The number of rotatable bonds is 5. The molecule has 2 aromatic rings. The quantitative estimate of drug-likeness (QED) is 0.859. The van der Waals surface area contributed by atoms with Crippen LogP contribution in [0.25, 0.3) is 0 Å². The summed E-state index contributed by atoms with van der Waals surface area (Å²) >= 11 is 0. The number of carbonyl (C=O) groups excluding carboxylic acids is 2. The van der Waals surface area contributed by atoms with Gasteiger partial charge in [0.25, 0.3) is 0 Å². The molecule has 2 heterocycles. The van der Waals surface area contributed by atoms with Crippen LogP contribution in [-0.2, 0) is 16.0 Å². The largest absolute Gasteiger partial charge is 0.478 e. The lowest BCUT2D eigenvalue weighted by Crippen LogP contribution is -2.41. The Morgan fingerprint density at radius 2 is 2.20 bits per heavy atom. The summed E-state index contributed by atoms with van der Waals surface area (Å²) in [6.45, 7) is 1.90. The molecule has 1 saturated heterocycles. The van der Waals surface area contributed by atoms with Crippen molar-refractivity contribution in [1.29, 1.82) is 0 Å². The molecule has 1 aromatic heterocycles.